The van der Waals surface area contributed by atoms with Gasteiger partial charge in [0.25, 0.3) is 0 Å². The van der Waals surface area contributed by atoms with Gasteiger partial charge in [0.15, 0.2) is 0 Å². The lowest BCUT2D eigenvalue weighted by Gasteiger charge is -2.17. The van der Waals surface area contributed by atoms with E-state index in [1.807, 2.05) is 32.1 Å². The van der Waals surface area contributed by atoms with Crippen LogP contribution < -0.4 is 10.2 Å². The van der Waals surface area contributed by atoms with E-state index in [1.165, 1.54) is 7.11 Å². The van der Waals surface area contributed by atoms with Crippen molar-refractivity contribution in [3.05, 3.63) is 29.8 Å². The average Bonchev–Trinajstić information content (AvgIpc) is 2.56. The molecule has 0 saturated carbocycles. The van der Waals surface area contributed by atoms with E-state index in [0.717, 1.165) is 16.8 Å². The summed E-state index contributed by atoms with van der Waals surface area (Å²) in [6.07, 6.45) is 7.60. The molecule has 5 nitrogen and oxygen atoms in total. The maximum Gasteiger partial charge on any atom is 0.240 e. The van der Waals surface area contributed by atoms with Crippen molar-refractivity contribution in [2.45, 2.75) is 25.2 Å². The normalized spacial score (nSPS) is 19.1. The van der Waals surface area contributed by atoms with Crippen molar-refractivity contribution in [1.29, 1.82) is 0 Å². The fourth-order valence-corrected chi connectivity index (χ4v) is 3.29. The lowest BCUT2D eigenvalue weighted by molar-refractivity contribution is -0.121. The highest BCUT2D eigenvalue weighted by molar-refractivity contribution is 7.85. The molecule has 1 aliphatic rings. The van der Waals surface area contributed by atoms with E-state index in [9.17, 15) is 9.00 Å². The van der Waals surface area contributed by atoms with Gasteiger partial charge in [0.05, 0.1) is 34.3 Å². The third-order valence-corrected chi connectivity index (χ3v) is 5.01. The molecule has 6 heteroatoms. The number of benzene rings is 1. The molecule has 1 heterocycles. The van der Waals surface area contributed by atoms with Crippen LogP contribution in [-0.4, -0.2) is 28.7 Å². The van der Waals surface area contributed by atoms with E-state index in [1.54, 1.807) is 6.07 Å². The molecule has 0 aromatic heterocycles. The van der Waals surface area contributed by atoms with Gasteiger partial charge in [-0.2, -0.15) is 5.10 Å². The fraction of sp³-hybridized carbons (Fsp3) is 0.333. The molecule has 1 aliphatic heterocycles. The number of carbonyl (C=O) groups excluding carboxylic acids is 1. The van der Waals surface area contributed by atoms with Gasteiger partial charge < -0.3 is 4.74 Å². The average molecular weight is 344 g/mol. The molecule has 24 heavy (non-hydrogen) atoms. The molecule has 126 valence electrons. The molecule has 0 radical (unpaired) electrons. The number of hydrogen-bond acceptors (Lipinski definition) is 4. The zero-order valence-electron chi connectivity index (χ0n) is 14.0. The maximum atomic E-state index is 12.1. The topological polar surface area (TPSA) is 67.8 Å². The summed E-state index contributed by atoms with van der Waals surface area (Å²) in [5.74, 6) is 3.09. The summed E-state index contributed by atoms with van der Waals surface area (Å²) >= 11 is 0. The Balaban J connectivity index is 2.32. The van der Waals surface area contributed by atoms with E-state index in [2.05, 4.69) is 16.4 Å². The Morgan fingerprint density at radius 2 is 2.33 bits per heavy atom. The molecule has 0 aliphatic carbocycles. The molecule has 1 aromatic rings. The van der Waals surface area contributed by atoms with Gasteiger partial charge in [0.1, 0.15) is 5.75 Å². The number of hydrazone groups is 1. The lowest BCUT2D eigenvalue weighted by Crippen LogP contribution is -2.30. The van der Waals surface area contributed by atoms with Crippen molar-refractivity contribution in [3.8, 4) is 18.1 Å². The van der Waals surface area contributed by atoms with Crippen LogP contribution in [0.15, 0.2) is 34.3 Å². The van der Waals surface area contributed by atoms with Crippen LogP contribution in [-0.2, 0) is 15.6 Å². The molecule has 0 saturated heterocycles. The summed E-state index contributed by atoms with van der Waals surface area (Å²) in [6.45, 7) is 3.92. The molecule has 2 rings (SSSR count). The van der Waals surface area contributed by atoms with Crippen LogP contribution >= 0.6 is 0 Å². The van der Waals surface area contributed by atoms with Crippen molar-refractivity contribution >= 4 is 28.0 Å². The predicted octanol–water partition coefficient (Wildman–Crippen LogP) is 2.35. The summed E-state index contributed by atoms with van der Waals surface area (Å²) in [4.78, 5) is 11.9. The maximum absolute atomic E-state index is 12.1. The number of terminal acetylenes is 1. The molecule has 1 aromatic carbocycles. The second kappa shape index (κ2) is 7.93. The number of allylic oxidation sites excluding steroid dienone is 2. The van der Waals surface area contributed by atoms with Crippen molar-refractivity contribution in [2.24, 2.45) is 11.0 Å². The number of hydrogen-bond donors (Lipinski definition) is 1. The monoisotopic (exact) mass is 344 g/mol. The first-order valence-electron chi connectivity index (χ1n) is 7.51. The van der Waals surface area contributed by atoms with Crippen molar-refractivity contribution in [1.82, 2.24) is 5.43 Å². The Morgan fingerprint density at radius 3 is 2.96 bits per heavy atom. The molecular weight excluding hydrogens is 324 g/mol. The summed E-state index contributed by atoms with van der Waals surface area (Å²) < 4.78 is 17.5. The van der Waals surface area contributed by atoms with E-state index in [-0.39, 0.29) is 17.6 Å². The van der Waals surface area contributed by atoms with Crippen LogP contribution in [0.1, 0.15) is 25.8 Å². The number of nitrogens with zero attached hydrogens (tertiary/aromatic N) is 1. The van der Waals surface area contributed by atoms with Crippen molar-refractivity contribution in [3.63, 3.8) is 0 Å². The van der Waals surface area contributed by atoms with Crippen molar-refractivity contribution in [2.75, 3.05) is 12.9 Å². The highest BCUT2D eigenvalue weighted by Gasteiger charge is 2.19. The SMILES string of the molecule is C#CCS(=O)c1ccc(C(C)=CC2=NNC(=O)CC2C)cc1OC. The molecule has 0 spiro atoms. The molecule has 0 fully saturated rings. The first-order valence-corrected chi connectivity index (χ1v) is 8.83. The summed E-state index contributed by atoms with van der Waals surface area (Å²) in [6, 6.07) is 5.49. The first kappa shape index (κ1) is 18.0. The van der Waals surface area contributed by atoms with Gasteiger partial charge >= 0.3 is 0 Å². The fourth-order valence-electron chi connectivity index (χ4n) is 2.40. The van der Waals surface area contributed by atoms with Crippen LogP contribution in [0.2, 0.25) is 0 Å². The molecule has 1 N–H and O–H groups in total. The van der Waals surface area contributed by atoms with Crippen LogP contribution in [0.5, 0.6) is 5.75 Å². The van der Waals surface area contributed by atoms with Gasteiger partial charge in [-0.3, -0.25) is 9.00 Å². The number of rotatable bonds is 5. The third kappa shape index (κ3) is 4.12. The number of methoxy groups -OCH3 is 1. The van der Waals surface area contributed by atoms with Crippen LogP contribution in [0, 0.1) is 18.3 Å². The zero-order valence-corrected chi connectivity index (χ0v) is 14.8. The van der Waals surface area contributed by atoms with Crippen molar-refractivity contribution < 1.29 is 13.7 Å². The highest BCUT2D eigenvalue weighted by atomic mass is 32.2. The van der Waals surface area contributed by atoms with Crippen LogP contribution in [0.4, 0.5) is 0 Å². The van der Waals surface area contributed by atoms with Gasteiger partial charge in [0, 0.05) is 12.3 Å². The largest absolute Gasteiger partial charge is 0.495 e. The Kier molecular flexibility index (Phi) is 5.93. The second-order valence-corrected chi connectivity index (χ2v) is 6.98. The number of carbonyl (C=O) groups is 1. The lowest BCUT2D eigenvalue weighted by atomic mass is 9.96. The van der Waals surface area contributed by atoms with E-state index < -0.39 is 10.8 Å². The minimum Gasteiger partial charge on any atom is -0.495 e. The van der Waals surface area contributed by atoms with E-state index >= 15 is 0 Å². The Bertz CT molecular complexity index is 775. The number of ether oxygens (including phenoxy) is 1. The number of amides is 1. The van der Waals surface area contributed by atoms with Gasteiger partial charge in [-0.25, -0.2) is 5.43 Å². The van der Waals surface area contributed by atoms with Gasteiger partial charge in [0.2, 0.25) is 5.91 Å². The van der Waals surface area contributed by atoms with Gasteiger partial charge in [-0.15, -0.1) is 6.42 Å². The molecule has 2 unspecified atom stereocenters. The standard InChI is InChI=1S/C18H20N2O3S/c1-5-8-24(22)17-7-6-14(11-16(17)23-4)12(2)9-15-13(3)10-18(21)20-19-15/h1,6-7,9,11,13H,8,10H2,2-4H3,(H,20,21). The Morgan fingerprint density at radius 1 is 1.58 bits per heavy atom. The summed E-state index contributed by atoms with van der Waals surface area (Å²) in [7, 11) is 0.255. The smallest absolute Gasteiger partial charge is 0.240 e. The number of nitrogens with one attached hydrogen (secondary N) is 1. The van der Waals surface area contributed by atoms with E-state index in [0.29, 0.717) is 17.1 Å². The third-order valence-electron chi connectivity index (χ3n) is 3.75. The highest BCUT2D eigenvalue weighted by Crippen LogP contribution is 2.27. The minimum atomic E-state index is -1.28. The zero-order chi connectivity index (χ0) is 17.7. The quantitative estimate of drug-likeness (QED) is 0.834. The summed E-state index contributed by atoms with van der Waals surface area (Å²) in [5.41, 5.74) is 5.23. The summed E-state index contributed by atoms with van der Waals surface area (Å²) in [5, 5.41) is 4.11. The Labute approximate surface area is 144 Å². The molecular formula is C18H20N2O3S. The second-order valence-electron chi connectivity index (χ2n) is 5.56. The Hall–Kier alpha value is -2.39. The van der Waals surface area contributed by atoms with Gasteiger partial charge in [-0.1, -0.05) is 18.9 Å². The molecule has 0 bridgehead atoms. The first-order chi connectivity index (χ1) is 11.5. The van der Waals surface area contributed by atoms with E-state index in [4.69, 9.17) is 11.2 Å². The molecule has 2 atom stereocenters. The molecule has 1 amide bonds. The van der Waals surface area contributed by atoms with Gasteiger partial charge in [-0.05, 0) is 36.3 Å². The minimum absolute atomic E-state index is 0.0676. The van der Waals surface area contributed by atoms with Crippen LogP contribution in [0.25, 0.3) is 5.57 Å². The predicted molar refractivity (Wildman–Crippen MR) is 96.1 cm³/mol. The van der Waals surface area contributed by atoms with Crippen LogP contribution in [0.3, 0.4) is 0 Å².